The summed E-state index contributed by atoms with van der Waals surface area (Å²) in [6, 6.07) is 17.4. The highest BCUT2D eigenvalue weighted by atomic mass is 16.5. The summed E-state index contributed by atoms with van der Waals surface area (Å²) in [5.74, 6) is 1.17. The molecule has 0 aliphatic rings. The maximum atomic E-state index is 12.4. The van der Waals surface area contributed by atoms with E-state index in [1.54, 1.807) is 18.2 Å². The second-order valence-electron chi connectivity index (χ2n) is 8.13. The van der Waals surface area contributed by atoms with Crippen LogP contribution in [0.5, 0.6) is 0 Å². The molecular formula is C27H36N8O3. The number of nitrogens with one attached hydrogen (secondary N) is 4. The van der Waals surface area contributed by atoms with Crippen molar-refractivity contribution in [1.82, 2.24) is 20.3 Å². The molecule has 3 rings (SSSR count). The fraction of sp³-hybridized carbons (Fsp3) is 0.333. The SMILES string of the molecule is C=CCNc1nc(NCc2ccccc2)nc(NCc2ccc(C(=O)NCCOCCOCCN)cc2)n1. The monoisotopic (exact) mass is 520 g/mol. The molecule has 1 amide bonds. The van der Waals surface area contributed by atoms with Gasteiger partial charge in [-0.05, 0) is 23.3 Å². The van der Waals surface area contributed by atoms with E-state index in [0.717, 1.165) is 11.1 Å². The van der Waals surface area contributed by atoms with Gasteiger partial charge >= 0.3 is 0 Å². The van der Waals surface area contributed by atoms with Crippen LogP contribution < -0.4 is 27.0 Å². The van der Waals surface area contributed by atoms with Crippen LogP contribution in [0.3, 0.4) is 0 Å². The van der Waals surface area contributed by atoms with Gasteiger partial charge in [0.05, 0.1) is 26.4 Å². The Kier molecular flexibility index (Phi) is 12.5. The number of anilines is 3. The number of carbonyl (C=O) groups is 1. The van der Waals surface area contributed by atoms with Gasteiger partial charge in [0.2, 0.25) is 17.8 Å². The van der Waals surface area contributed by atoms with Crippen LogP contribution in [0, 0.1) is 0 Å². The second kappa shape index (κ2) is 16.6. The molecule has 0 aliphatic carbocycles. The van der Waals surface area contributed by atoms with Gasteiger partial charge in [-0.15, -0.1) is 6.58 Å². The average molecular weight is 521 g/mol. The number of rotatable bonds is 18. The Morgan fingerprint density at radius 1 is 0.789 bits per heavy atom. The number of carbonyl (C=O) groups excluding carboxylic acids is 1. The largest absolute Gasteiger partial charge is 0.378 e. The number of hydrogen-bond acceptors (Lipinski definition) is 10. The number of nitrogens with two attached hydrogens (primary N) is 1. The summed E-state index contributed by atoms with van der Waals surface area (Å²) in [5.41, 5.74) is 8.02. The highest BCUT2D eigenvalue weighted by molar-refractivity contribution is 5.94. The summed E-state index contributed by atoms with van der Waals surface area (Å²) in [6.07, 6.45) is 1.73. The zero-order valence-corrected chi connectivity index (χ0v) is 21.5. The molecule has 0 spiro atoms. The summed E-state index contributed by atoms with van der Waals surface area (Å²) in [6.45, 7) is 8.11. The first-order valence-electron chi connectivity index (χ1n) is 12.5. The molecule has 38 heavy (non-hydrogen) atoms. The van der Waals surface area contributed by atoms with Gasteiger partial charge in [0.25, 0.3) is 5.91 Å². The maximum Gasteiger partial charge on any atom is 0.251 e. The van der Waals surface area contributed by atoms with E-state index in [4.69, 9.17) is 15.2 Å². The number of nitrogens with zero attached hydrogens (tertiary/aromatic N) is 3. The molecule has 11 heteroatoms. The molecule has 3 aromatic rings. The molecule has 0 saturated carbocycles. The van der Waals surface area contributed by atoms with Crippen LogP contribution in [-0.2, 0) is 22.6 Å². The van der Waals surface area contributed by atoms with E-state index in [-0.39, 0.29) is 5.91 Å². The standard InChI is InChI=1S/C27H36N8O3/c1-2-13-30-25-33-26(31-19-21-6-4-3-5-7-21)35-27(34-25)32-20-22-8-10-23(11-9-22)24(36)29-14-16-38-18-17-37-15-12-28/h2-11H,1,12-20,28H2,(H,29,36)(H3,30,31,32,33,34,35). The molecule has 0 bridgehead atoms. The number of aromatic nitrogens is 3. The van der Waals surface area contributed by atoms with E-state index >= 15 is 0 Å². The molecule has 0 aliphatic heterocycles. The fourth-order valence-electron chi connectivity index (χ4n) is 3.25. The van der Waals surface area contributed by atoms with Crippen molar-refractivity contribution in [2.24, 2.45) is 5.73 Å². The first kappa shape index (κ1) is 28.5. The lowest BCUT2D eigenvalue weighted by Gasteiger charge is -2.11. The third-order valence-electron chi connectivity index (χ3n) is 5.17. The molecule has 1 heterocycles. The lowest BCUT2D eigenvalue weighted by molar-refractivity contribution is 0.0511. The zero-order chi connectivity index (χ0) is 26.8. The molecule has 0 unspecified atom stereocenters. The van der Waals surface area contributed by atoms with Gasteiger partial charge in [-0.3, -0.25) is 4.79 Å². The minimum atomic E-state index is -0.156. The molecule has 0 saturated heterocycles. The lowest BCUT2D eigenvalue weighted by Crippen LogP contribution is -2.27. The van der Waals surface area contributed by atoms with Crippen molar-refractivity contribution < 1.29 is 14.3 Å². The van der Waals surface area contributed by atoms with Gasteiger partial charge in [-0.1, -0.05) is 48.5 Å². The zero-order valence-electron chi connectivity index (χ0n) is 21.5. The molecule has 11 nitrogen and oxygen atoms in total. The Bertz CT molecular complexity index is 1110. The number of amides is 1. The van der Waals surface area contributed by atoms with Crippen LogP contribution in [0.4, 0.5) is 17.8 Å². The smallest absolute Gasteiger partial charge is 0.251 e. The van der Waals surface area contributed by atoms with Crippen molar-refractivity contribution in [3.05, 3.63) is 83.9 Å². The lowest BCUT2D eigenvalue weighted by atomic mass is 10.1. The van der Waals surface area contributed by atoms with Crippen molar-refractivity contribution in [2.75, 3.05) is 62.0 Å². The van der Waals surface area contributed by atoms with E-state index in [0.29, 0.717) is 82.6 Å². The van der Waals surface area contributed by atoms with E-state index in [1.807, 2.05) is 42.5 Å². The third-order valence-corrected chi connectivity index (χ3v) is 5.17. The number of hydrogen-bond donors (Lipinski definition) is 5. The molecule has 0 fully saturated rings. The van der Waals surface area contributed by atoms with E-state index in [2.05, 4.69) is 42.8 Å². The Balaban J connectivity index is 1.48. The van der Waals surface area contributed by atoms with Crippen LogP contribution in [-0.4, -0.2) is 66.9 Å². The summed E-state index contributed by atoms with van der Waals surface area (Å²) in [4.78, 5) is 25.7. The minimum absolute atomic E-state index is 0.156. The van der Waals surface area contributed by atoms with Gasteiger partial charge in [-0.2, -0.15) is 15.0 Å². The van der Waals surface area contributed by atoms with Crippen LogP contribution in [0.25, 0.3) is 0 Å². The summed E-state index contributed by atoms with van der Waals surface area (Å²) >= 11 is 0. The van der Waals surface area contributed by atoms with Gasteiger partial charge in [0, 0.05) is 38.3 Å². The van der Waals surface area contributed by atoms with Crippen LogP contribution >= 0.6 is 0 Å². The van der Waals surface area contributed by atoms with E-state index < -0.39 is 0 Å². The Labute approximate surface area is 223 Å². The average Bonchev–Trinajstić information content (AvgIpc) is 2.96. The highest BCUT2D eigenvalue weighted by Gasteiger charge is 2.08. The Morgan fingerprint density at radius 3 is 1.97 bits per heavy atom. The first-order chi connectivity index (χ1) is 18.7. The molecule has 0 atom stereocenters. The van der Waals surface area contributed by atoms with E-state index in [9.17, 15) is 4.79 Å². The number of benzene rings is 2. The molecule has 202 valence electrons. The van der Waals surface area contributed by atoms with Crippen molar-refractivity contribution >= 4 is 23.8 Å². The Hall–Kier alpha value is -4.06. The van der Waals surface area contributed by atoms with Crippen molar-refractivity contribution in [2.45, 2.75) is 13.1 Å². The normalized spacial score (nSPS) is 10.6. The topological polar surface area (TPSA) is 148 Å². The van der Waals surface area contributed by atoms with Crippen LogP contribution in [0.15, 0.2) is 67.3 Å². The van der Waals surface area contributed by atoms with Crippen molar-refractivity contribution in [3.8, 4) is 0 Å². The third kappa shape index (κ3) is 10.5. The predicted octanol–water partition coefficient (Wildman–Crippen LogP) is 2.42. The Morgan fingerprint density at radius 2 is 1.37 bits per heavy atom. The summed E-state index contributed by atoms with van der Waals surface area (Å²) in [5, 5.41) is 12.4. The molecule has 0 radical (unpaired) electrons. The molecule has 2 aromatic carbocycles. The van der Waals surface area contributed by atoms with Gasteiger partial charge in [0.1, 0.15) is 0 Å². The summed E-state index contributed by atoms with van der Waals surface area (Å²) < 4.78 is 10.6. The van der Waals surface area contributed by atoms with Crippen LogP contribution in [0.1, 0.15) is 21.5 Å². The minimum Gasteiger partial charge on any atom is -0.378 e. The maximum absolute atomic E-state index is 12.4. The summed E-state index contributed by atoms with van der Waals surface area (Å²) in [7, 11) is 0. The second-order valence-corrected chi connectivity index (χ2v) is 8.13. The van der Waals surface area contributed by atoms with Gasteiger partial charge < -0.3 is 36.5 Å². The highest BCUT2D eigenvalue weighted by Crippen LogP contribution is 2.13. The molecule has 1 aromatic heterocycles. The van der Waals surface area contributed by atoms with Gasteiger partial charge in [-0.25, -0.2) is 0 Å². The fourth-order valence-corrected chi connectivity index (χ4v) is 3.25. The van der Waals surface area contributed by atoms with Crippen LogP contribution in [0.2, 0.25) is 0 Å². The van der Waals surface area contributed by atoms with E-state index in [1.165, 1.54) is 0 Å². The number of ether oxygens (including phenoxy) is 2. The van der Waals surface area contributed by atoms with Crippen molar-refractivity contribution in [1.29, 1.82) is 0 Å². The predicted molar refractivity (Wildman–Crippen MR) is 149 cm³/mol. The molecule has 6 N–H and O–H groups in total. The molecular weight excluding hydrogens is 484 g/mol. The quantitative estimate of drug-likeness (QED) is 0.125. The first-order valence-corrected chi connectivity index (χ1v) is 12.5. The van der Waals surface area contributed by atoms with Crippen molar-refractivity contribution in [3.63, 3.8) is 0 Å². The van der Waals surface area contributed by atoms with Gasteiger partial charge in [0.15, 0.2) is 0 Å².